The van der Waals surface area contributed by atoms with Gasteiger partial charge in [0.1, 0.15) is 0 Å². The zero-order valence-electron chi connectivity index (χ0n) is 15.8. The molecule has 8 atom stereocenters. The monoisotopic (exact) mass is 334 g/mol. The fourth-order valence-electron chi connectivity index (χ4n) is 7.83. The molecule has 4 N–H and O–H groups in total. The second kappa shape index (κ2) is 6.25. The van der Waals surface area contributed by atoms with E-state index in [1.54, 1.807) is 0 Å². The summed E-state index contributed by atoms with van der Waals surface area (Å²) >= 11 is 0. The first-order valence-electron chi connectivity index (χ1n) is 10.6. The molecule has 0 aromatic carbocycles. The van der Waals surface area contributed by atoms with Crippen molar-refractivity contribution in [2.45, 2.75) is 83.8 Å². The fourth-order valence-corrected chi connectivity index (χ4v) is 7.83. The van der Waals surface area contributed by atoms with Crippen LogP contribution in [-0.2, 0) is 0 Å². The zero-order chi connectivity index (χ0) is 16.9. The Morgan fingerprint density at radius 2 is 1.71 bits per heavy atom. The Balaban J connectivity index is 1.54. The van der Waals surface area contributed by atoms with Crippen molar-refractivity contribution in [3.05, 3.63) is 0 Å². The van der Waals surface area contributed by atoms with E-state index in [4.69, 9.17) is 5.73 Å². The predicted octanol–water partition coefficient (Wildman–Crippen LogP) is 3.31. The van der Waals surface area contributed by atoms with Crippen molar-refractivity contribution < 1.29 is 5.11 Å². The lowest BCUT2D eigenvalue weighted by Crippen LogP contribution is -2.56. The molecule has 0 unspecified atom stereocenters. The number of aliphatic hydroxyl groups excluding tert-OH is 1. The summed E-state index contributed by atoms with van der Waals surface area (Å²) in [6.07, 6.45) is 11.7. The molecular weight excluding hydrogens is 296 g/mol. The highest BCUT2D eigenvalue weighted by Gasteiger charge is 2.59. The molecule has 4 aliphatic carbocycles. The summed E-state index contributed by atoms with van der Waals surface area (Å²) in [5.74, 6) is 3.54. The quantitative estimate of drug-likeness (QED) is 0.742. The van der Waals surface area contributed by atoms with Crippen molar-refractivity contribution in [2.75, 3.05) is 13.1 Å². The van der Waals surface area contributed by atoms with Crippen LogP contribution in [0.4, 0.5) is 0 Å². The molecule has 3 nitrogen and oxygen atoms in total. The minimum Gasteiger partial charge on any atom is -0.393 e. The molecule has 4 fully saturated rings. The number of nitrogens with one attached hydrogen (secondary N) is 1. The molecule has 0 aromatic heterocycles. The highest BCUT2D eigenvalue weighted by atomic mass is 16.3. The van der Waals surface area contributed by atoms with Gasteiger partial charge in [0.05, 0.1) is 6.10 Å². The van der Waals surface area contributed by atoms with E-state index < -0.39 is 0 Å². The van der Waals surface area contributed by atoms with Gasteiger partial charge in [-0.1, -0.05) is 13.8 Å². The van der Waals surface area contributed by atoms with Crippen molar-refractivity contribution in [2.24, 2.45) is 40.2 Å². The third-order valence-electron chi connectivity index (χ3n) is 9.17. The average Bonchev–Trinajstić information content (AvgIpc) is 2.90. The molecule has 0 amide bonds. The van der Waals surface area contributed by atoms with Gasteiger partial charge in [-0.2, -0.15) is 0 Å². The van der Waals surface area contributed by atoms with E-state index in [0.29, 0.717) is 16.9 Å². The van der Waals surface area contributed by atoms with Gasteiger partial charge in [-0.3, -0.25) is 0 Å². The van der Waals surface area contributed by atoms with Crippen molar-refractivity contribution in [1.82, 2.24) is 5.32 Å². The van der Waals surface area contributed by atoms with E-state index in [1.807, 2.05) is 0 Å². The molecule has 3 heteroatoms. The van der Waals surface area contributed by atoms with E-state index in [0.717, 1.165) is 49.6 Å². The molecule has 24 heavy (non-hydrogen) atoms. The minimum absolute atomic E-state index is 0.0233. The topological polar surface area (TPSA) is 58.3 Å². The van der Waals surface area contributed by atoms with E-state index in [9.17, 15) is 5.11 Å². The fraction of sp³-hybridized carbons (Fsp3) is 1.00. The van der Waals surface area contributed by atoms with Gasteiger partial charge in [-0.15, -0.1) is 0 Å². The number of rotatable bonds is 3. The Morgan fingerprint density at radius 3 is 2.50 bits per heavy atom. The third-order valence-corrected chi connectivity index (χ3v) is 9.17. The molecule has 4 saturated carbocycles. The van der Waals surface area contributed by atoms with Crippen LogP contribution < -0.4 is 11.1 Å². The summed E-state index contributed by atoms with van der Waals surface area (Å²) < 4.78 is 0. The van der Waals surface area contributed by atoms with Gasteiger partial charge in [0.15, 0.2) is 0 Å². The normalized spacial score (nSPS) is 54.0. The standard InChI is InChI=1S/C21H38N2O/c1-20-9-7-15(24)13-14(20)3-4-16-17-5-6-19(23-12-11-22)21(17,2)10-8-18(16)20/h14-19,23-24H,3-13,22H2,1-2H3/t14-,15+,16+,17-,18+,19+,20-,21-/m0/s1. The zero-order valence-corrected chi connectivity index (χ0v) is 15.8. The number of nitrogens with two attached hydrogens (primary N) is 1. The summed E-state index contributed by atoms with van der Waals surface area (Å²) in [7, 11) is 0. The van der Waals surface area contributed by atoms with Crippen molar-refractivity contribution >= 4 is 0 Å². The molecule has 4 aliphatic rings. The largest absolute Gasteiger partial charge is 0.393 e. The first-order chi connectivity index (χ1) is 11.5. The van der Waals surface area contributed by atoms with Crippen LogP contribution in [0.5, 0.6) is 0 Å². The molecule has 4 rings (SSSR count). The van der Waals surface area contributed by atoms with Gasteiger partial charge >= 0.3 is 0 Å². The van der Waals surface area contributed by atoms with Gasteiger partial charge in [0.2, 0.25) is 0 Å². The molecule has 0 radical (unpaired) electrons. The van der Waals surface area contributed by atoms with Crippen LogP contribution in [0.3, 0.4) is 0 Å². The minimum atomic E-state index is -0.0233. The predicted molar refractivity (Wildman–Crippen MR) is 98.6 cm³/mol. The second-order valence-electron chi connectivity index (χ2n) is 10.0. The Bertz CT molecular complexity index is 469. The molecule has 0 aromatic rings. The van der Waals surface area contributed by atoms with E-state index >= 15 is 0 Å². The lowest BCUT2D eigenvalue weighted by molar-refractivity contribution is -0.123. The number of aliphatic hydroxyl groups is 1. The van der Waals surface area contributed by atoms with Gasteiger partial charge in [0.25, 0.3) is 0 Å². The summed E-state index contributed by atoms with van der Waals surface area (Å²) in [4.78, 5) is 0. The van der Waals surface area contributed by atoms with Crippen LogP contribution in [0.25, 0.3) is 0 Å². The second-order valence-corrected chi connectivity index (χ2v) is 10.0. The number of hydrogen-bond donors (Lipinski definition) is 3. The van der Waals surface area contributed by atoms with Crippen molar-refractivity contribution in [3.8, 4) is 0 Å². The molecular formula is C21H38N2O. The Hall–Kier alpha value is -0.120. The number of fused-ring (bicyclic) bond motifs is 5. The van der Waals surface area contributed by atoms with Crippen LogP contribution in [-0.4, -0.2) is 30.3 Å². The third kappa shape index (κ3) is 2.49. The molecule has 138 valence electrons. The smallest absolute Gasteiger partial charge is 0.0543 e. The summed E-state index contributed by atoms with van der Waals surface area (Å²) in [6, 6.07) is 0.686. The van der Waals surface area contributed by atoms with Gasteiger partial charge < -0.3 is 16.2 Å². The first kappa shape index (κ1) is 17.3. The van der Waals surface area contributed by atoms with E-state index in [1.165, 1.54) is 44.9 Å². The molecule has 0 spiro atoms. The van der Waals surface area contributed by atoms with Crippen LogP contribution in [0.1, 0.15) is 71.6 Å². The first-order valence-corrected chi connectivity index (χ1v) is 10.6. The van der Waals surface area contributed by atoms with Gasteiger partial charge in [-0.25, -0.2) is 0 Å². The lowest BCUT2D eigenvalue weighted by Gasteiger charge is -2.61. The highest BCUT2D eigenvalue weighted by Crippen LogP contribution is 2.66. The van der Waals surface area contributed by atoms with Crippen LogP contribution in [0.15, 0.2) is 0 Å². The Labute approximate surface area is 148 Å². The lowest BCUT2D eigenvalue weighted by atomic mass is 9.45. The maximum atomic E-state index is 10.1. The number of hydrogen-bond acceptors (Lipinski definition) is 3. The molecule has 0 saturated heterocycles. The van der Waals surface area contributed by atoms with Crippen LogP contribution >= 0.6 is 0 Å². The summed E-state index contributed by atoms with van der Waals surface area (Å²) in [6.45, 7) is 6.89. The SMILES string of the molecule is C[C@]12CC[C@@H](O)C[C@@H]1CC[C@H]1[C@H]2CC[C@]2(C)[C@H](NCCN)CC[C@@H]12. The molecule has 0 bridgehead atoms. The van der Waals surface area contributed by atoms with Crippen molar-refractivity contribution in [1.29, 1.82) is 0 Å². The Morgan fingerprint density at radius 1 is 0.958 bits per heavy atom. The maximum absolute atomic E-state index is 10.1. The summed E-state index contributed by atoms with van der Waals surface area (Å²) in [5, 5.41) is 13.9. The maximum Gasteiger partial charge on any atom is 0.0543 e. The van der Waals surface area contributed by atoms with Crippen LogP contribution in [0.2, 0.25) is 0 Å². The van der Waals surface area contributed by atoms with Gasteiger partial charge in [-0.05, 0) is 92.3 Å². The average molecular weight is 335 g/mol. The highest BCUT2D eigenvalue weighted by molar-refractivity contribution is 5.10. The molecule has 0 heterocycles. The van der Waals surface area contributed by atoms with Crippen molar-refractivity contribution in [3.63, 3.8) is 0 Å². The summed E-state index contributed by atoms with van der Waals surface area (Å²) in [5.41, 5.74) is 6.74. The van der Waals surface area contributed by atoms with Gasteiger partial charge in [0, 0.05) is 19.1 Å². The van der Waals surface area contributed by atoms with Crippen LogP contribution in [0, 0.1) is 34.5 Å². The molecule has 0 aliphatic heterocycles. The Kier molecular flexibility index (Phi) is 4.50. The van der Waals surface area contributed by atoms with E-state index in [2.05, 4.69) is 19.2 Å². The van der Waals surface area contributed by atoms with E-state index in [-0.39, 0.29) is 6.10 Å².